The summed E-state index contributed by atoms with van der Waals surface area (Å²) in [5, 5.41) is 3.91. The Morgan fingerprint density at radius 1 is 1.24 bits per heavy atom. The zero-order chi connectivity index (χ0) is 12.5. The summed E-state index contributed by atoms with van der Waals surface area (Å²) in [7, 11) is 0. The summed E-state index contributed by atoms with van der Waals surface area (Å²) >= 11 is 17.3. The molecule has 0 bridgehead atoms. The van der Waals surface area contributed by atoms with E-state index in [1.165, 1.54) is 0 Å². The summed E-state index contributed by atoms with van der Waals surface area (Å²) in [6.45, 7) is 0. The molecule has 1 aromatic heterocycles. The van der Waals surface area contributed by atoms with Crippen LogP contribution in [0.2, 0.25) is 0 Å². The number of hydrogen-bond donors (Lipinski definition) is 0. The van der Waals surface area contributed by atoms with Crippen LogP contribution in [0.4, 0.5) is 0 Å². The number of rotatable bonds is 2. The first-order chi connectivity index (χ1) is 7.96. The minimum Gasteiger partial charge on any atom is -0.387 e. The number of hydrogen-bond acceptors (Lipinski definition) is 4. The van der Waals surface area contributed by atoms with Crippen molar-refractivity contribution in [1.29, 1.82) is 0 Å². The van der Waals surface area contributed by atoms with E-state index in [4.69, 9.17) is 39.2 Å². The maximum Gasteiger partial charge on any atom is 0.448 e. The van der Waals surface area contributed by atoms with Crippen LogP contribution < -0.4 is 5.76 Å². The largest absolute Gasteiger partial charge is 0.448 e. The molecule has 0 aliphatic heterocycles. The van der Waals surface area contributed by atoms with Crippen molar-refractivity contribution in [1.82, 2.24) is 9.19 Å². The Balaban J connectivity index is 2.35. The Morgan fingerprint density at radius 3 is 2.47 bits per heavy atom. The molecule has 0 saturated heterocycles. The molecule has 2 rings (SSSR count). The van der Waals surface area contributed by atoms with E-state index in [-0.39, 0.29) is 5.89 Å². The first kappa shape index (κ1) is 12.8. The molecule has 1 heterocycles. The van der Waals surface area contributed by atoms with E-state index >= 15 is 0 Å². The highest BCUT2D eigenvalue weighted by Crippen LogP contribution is 2.38. The molecule has 0 unspecified atom stereocenters. The molecule has 0 atom stereocenters. The molecule has 0 amide bonds. The summed E-state index contributed by atoms with van der Waals surface area (Å²) in [5.74, 6) is -0.516. The van der Waals surface area contributed by atoms with Gasteiger partial charge in [-0.15, -0.1) is 9.19 Å². The SMILES string of the molecule is O=c1oc(-c2ccccc2)nn1SC(Cl)(Cl)Cl. The zero-order valence-electron chi connectivity index (χ0n) is 8.14. The fraction of sp³-hybridized carbons (Fsp3) is 0.111. The predicted octanol–water partition coefficient (Wildman–Crippen LogP) is 3.33. The maximum absolute atomic E-state index is 11.4. The molecule has 1 aromatic carbocycles. The summed E-state index contributed by atoms with van der Waals surface area (Å²) in [5.41, 5.74) is 0.674. The van der Waals surface area contributed by atoms with Gasteiger partial charge in [-0.2, -0.15) is 0 Å². The van der Waals surface area contributed by atoms with Gasteiger partial charge in [0.15, 0.2) is 0 Å². The van der Waals surface area contributed by atoms with Gasteiger partial charge in [0.2, 0.25) is 5.89 Å². The number of halogens is 3. The monoisotopic (exact) mass is 310 g/mol. The van der Waals surface area contributed by atoms with Crippen molar-refractivity contribution in [2.45, 2.75) is 3.12 Å². The van der Waals surface area contributed by atoms with Gasteiger partial charge in [-0.3, -0.25) is 0 Å². The molecule has 8 heteroatoms. The minimum absolute atomic E-state index is 0.178. The van der Waals surface area contributed by atoms with Gasteiger partial charge < -0.3 is 4.42 Å². The molecule has 17 heavy (non-hydrogen) atoms. The van der Waals surface area contributed by atoms with Crippen molar-refractivity contribution < 1.29 is 4.42 Å². The second-order valence-electron chi connectivity index (χ2n) is 2.95. The third-order valence-electron chi connectivity index (χ3n) is 1.73. The van der Waals surface area contributed by atoms with Gasteiger partial charge in [-0.25, -0.2) is 4.79 Å². The molecule has 0 spiro atoms. The van der Waals surface area contributed by atoms with Crippen molar-refractivity contribution >= 4 is 46.8 Å². The van der Waals surface area contributed by atoms with Gasteiger partial charge in [0.05, 0.1) is 0 Å². The van der Waals surface area contributed by atoms with Crippen LogP contribution in [0.3, 0.4) is 0 Å². The Labute approximate surface area is 116 Å². The molecule has 0 saturated carbocycles. The second-order valence-corrected chi connectivity index (χ2v) is 7.04. The standard InChI is InChI=1S/C9H5Cl3N2O2S/c10-9(11,12)17-14-8(15)16-7(13-14)6-4-2-1-3-5-6/h1-5H. The van der Waals surface area contributed by atoms with Crippen molar-refractivity contribution in [2.75, 3.05) is 0 Å². The van der Waals surface area contributed by atoms with E-state index in [1.54, 1.807) is 24.3 Å². The highest BCUT2D eigenvalue weighted by atomic mass is 35.6. The van der Waals surface area contributed by atoms with Crippen molar-refractivity contribution in [2.24, 2.45) is 0 Å². The first-order valence-electron chi connectivity index (χ1n) is 4.37. The first-order valence-corrected chi connectivity index (χ1v) is 6.28. The average molecular weight is 312 g/mol. The van der Waals surface area contributed by atoms with Gasteiger partial charge in [-0.05, 0) is 12.1 Å². The fourth-order valence-corrected chi connectivity index (χ4v) is 2.13. The average Bonchev–Trinajstić information content (AvgIpc) is 2.59. The summed E-state index contributed by atoms with van der Waals surface area (Å²) in [6.07, 6.45) is 0. The molecule has 2 aromatic rings. The Hall–Kier alpha value is -0.620. The number of aromatic nitrogens is 2. The van der Waals surface area contributed by atoms with E-state index < -0.39 is 8.88 Å². The van der Waals surface area contributed by atoms with Crippen LogP contribution in [-0.2, 0) is 0 Å². The van der Waals surface area contributed by atoms with E-state index in [2.05, 4.69) is 5.10 Å². The van der Waals surface area contributed by atoms with Gasteiger partial charge in [-0.1, -0.05) is 53.0 Å². The quantitative estimate of drug-likeness (QED) is 0.798. The molecule has 0 N–H and O–H groups in total. The lowest BCUT2D eigenvalue weighted by Gasteiger charge is -2.05. The van der Waals surface area contributed by atoms with Crippen LogP contribution >= 0.6 is 46.8 Å². The number of nitrogens with zero attached hydrogens (tertiary/aromatic N) is 2. The van der Waals surface area contributed by atoms with Crippen LogP contribution in [0, 0.1) is 0 Å². The van der Waals surface area contributed by atoms with Crippen LogP contribution in [0.5, 0.6) is 0 Å². The topological polar surface area (TPSA) is 48.0 Å². The summed E-state index contributed by atoms with van der Waals surface area (Å²) in [6, 6.07) is 8.97. The van der Waals surface area contributed by atoms with E-state index in [0.29, 0.717) is 17.5 Å². The van der Waals surface area contributed by atoms with Crippen molar-refractivity contribution in [3.05, 3.63) is 40.9 Å². The molecular weight excluding hydrogens is 307 g/mol. The minimum atomic E-state index is -1.67. The van der Waals surface area contributed by atoms with Gasteiger partial charge in [0.1, 0.15) is 0 Å². The molecule has 90 valence electrons. The third-order valence-corrected chi connectivity index (χ3v) is 2.96. The fourth-order valence-electron chi connectivity index (χ4n) is 1.12. The second kappa shape index (κ2) is 4.94. The third kappa shape index (κ3) is 3.42. The van der Waals surface area contributed by atoms with Crippen LogP contribution in [-0.4, -0.2) is 12.3 Å². The lowest BCUT2D eigenvalue weighted by molar-refractivity contribution is 0.523. The molecule has 0 fully saturated rings. The Morgan fingerprint density at radius 2 is 1.88 bits per heavy atom. The zero-order valence-corrected chi connectivity index (χ0v) is 11.2. The smallest absolute Gasteiger partial charge is 0.387 e. The Bertz CT molecular complexity index is 562. The van der Waals surface area contributed by atoms with Crippen LogP contribution in [0.25, 0.3) is 11.5 Å². The number of benzene rings is 1. The van der Waals surface area contributed by atoms with Gasteiger partial charge >= 0.3 is 5.76 Å². The van der Waals surface area contributed by atoms with Gasteiger partial charge in [0.25, 0.3) is 3.12 Å². The molecule has 0 aliphatic rings. The molecular formula is C9H5Cl3N2O2S. The van der Waals surface area contributed by atoms with Crippen molar-refractivity contribution in [3.63, 3.8) is 0 Å². The predicted molar refractivity (Wildman–Crippen MR) is 69.5 cm³/mol. The van der Waals surface area contributed by atoms with E-state index in [9.17, 15) is 4.79 Å². The number of alkyl halides is 3. The normalized spacial score (nSPS) is 11.7. The highest BCUT2D eigenvalue weighted by Gasteiger charge is 2.25. The summed E-state index contributed by atoms with van der Waals surface area (Å²) < 4.78 is 4.17. The van der Waals surface area contributed by atoms with Gasteiger partial charge in [0, 0.05) is 17.5 Å². The van der Waals surface area contributed by atoms with E-state index in [1.807, 2.05) is 6.07 Å². The highest BCUT2D eigenvalue weighted by molar-refractivity contribution is 8.03. The lowest BCUT2D eigenvalue weighted by Crippen LogP contribution is -2.13. The van der Waals surface area contributed by atoms with E-state index in [0.717, 1.165) is 4.09 Å². The van der Waals surface area contributed by atoms with Crippen molar-refractivity contribution in [3.8, 4) is 11.5 Å². The summed E-state index contributed by atoms with van der Waals surface area (Å²) in [4.78, 5) is 11.4. The van der Waals surface area contributed by atoms with Crippen LogP contribution in [0.15, 0.2) is 39.5 Å². The molecule has 0 aliphatic carbocycles. The van der Waals surface area contributed by atoms with Crippen LogP contribution in [0.1, 0.15) is 0 Å². The molecule has 4 nitrogen and oxygen atoms in total. The molecule has 0 radical (unpaired) electrons. The lowest BCUT2D eigenvalue weighted by atomic mass is 10.2. The Kier molecular flexibility index (Phi) is 3.73. The maximum atomic E-state index is 11.4.